The summed E-state index contributed by atoms with van der Waals surface area (Å²) in [6.07, 6.45) is 1.62. The average Bonchev–Trinajstić information content (AvgIpc) is 3.01. The van der Waals surface area contributed by atoms with Crippen molar-refractivity contribution < 1.29 is 9.21 Å². The molecule has 0 bridgehead atoms. The normalized spacial score (nSPS) is 18.8. The van der Waals surface area contributed by atoms with Crippen molar-refractivity contribution in [1.29, 1.82) is 0 Å². The lowest BCUT2D eigenvalue weighted by Gasteiger charge is -2.24. The molecule has 1 amide bonds. The Morgan fingerprint density at radius 2 is 2.18 bits per heavy atom. The number of aryl methyl sites for hydroxylation is 4. The van der Waals surface area contributed by atoms with Crippen molar-refractivity contribution in [2.75, 3.05) is 0 Å². The fourth-order valence-corrected chi connectivity index (χ4v) is 3.17. The summed E-state index contributed by atoms with van der Waals surface area (Å²) in [5, 5.41) is 11.3. The molecule has 1 aliphatic heterocycles. The van der Waals surface area contributed by atoms with Gasteiger partial charge in [-0.2, -0.15) is 0 Å². The molecule has 0 aliphatic carbocycles. The lowest BCUT2D eigenvalue weighted by molar-refractivity contribution is -0.126. The van der Waals surface area contributed by atoms with Crippen LogP contribution in [-0.2, 0) is 17.8 Å². The van der Waals surface area contributed by atoms with Crippen molar-refractivity contribution in [2.24, 2.45) is 5.92 Å². The molecule has 0 fully saturated rings. The van der Waals surface area contributed by atoms with Crippen LogP contribution in [0.3, 0.4) is 0 Å². The molecule has 2 aromatic rings. The van der Waals surface area contributed by atoms with E-state index >= 15 is 0 Å². The van der Waals surface area contributed by atoms with Gasteiger partial charge in [0.1, 0.15) is 23.2 Å². The van der Waals surface area contributed by atoms with Crippen LogP contribution < -0.4 is 5.32 Å². The van der Waals surface area contributed by atoms with Crippen molar-refractivity contribution in [1.82, 2.24) is 20.1 Å². The highest BCUT2D eigenvalue weighted by atomic mass is 16.3. The van der Waals surface area contributed by atoms with E-state index in [-0.39, 0.29) is 17.9 Å². The van der Waals surface area contributed by atoms with E-state index in [0.29, 0.717) is 6.54 Å². The molecule has 118 valence electrons. The molecule has 0 unspecified atom stereocenters. The molecule has 2 aromatic heterocycles. The summed E-state index contributed by atoms with van der Waals surface area (Å²) >= 11 is 0. The van der Waals surface area contributed by atoms with Gasteiger partial charge in [0, 0.05) is 18.5 Å². The number of rotatable bonds is 3. The van der Waals surface area contributed by atoms with Crippen LogP contribution in [0.1, 0.15) is 48.1 Å². The number of nitrogens with zero attached hydrogens (tertiary/aromatic N) is 3. The number of carbonyl (C=O) groups excluding carboxylic acids is 1. The number of hydrogen-bond acceptors (Lipinski definition) is 4. The van der Waals surface area contributed by atoms with E-state index in [2.05, 4.69) is 15.5 Å². The third-order valence-corrected chi connectivity index (χ3v) is 4.41. The van der Waals surface area contributed by atoms with E-state index in [1.165, 1.54) is 0 Å². The summed E-state index contributed by atoms with van der Waals surface area (Å²) in [5.41, 5.74) is 1.04. The standard InChI is InChI=1S/C16H22N4O2/c1-9-7-14(11(3)22-9)10(2)17-16(21)13-5-6-15-19-18-12(4)20(15)8-13/h7,10,13H,5-6,8H2,1-4H3,(H,17,21)/t10-,13-/m0/s1. The number of amides is 1. The van der Waals surface area contributed by atoms with Crippen molar-refractivity contribution in [3.63, 3.8) is 0 Å². The number of aromatic nitrogens is 3. The van der Waals surface area contributed by atoms with Gasteiger partial charge in [-0.15, -0.1) is 10.2 Å². The van der Waals surface area contributed by atoms with Crippen molar-refractivity contribution in [3.05, 3.63) is 34.8 Å². The summed E-state index contributed by atoms with van der Waals surface area (Å²) in [7, 11) is 0. The van der Waals surface area contributed by atoms with Gasteiger partial charge < -0.3 is 14.3 Å². The van der Waals surface area contributed by atoms with E-state index in [1.807, 2.05) is 38.3 Å². The molecule has 0 aromatic carbocycles. The van der Waals surface area contributed by atoms with Gasteiger partial charge in [0.05, 0.1) is 12.0 Å². The number of nitrogens with one attached hydrogen (secondary N) is 1. The van der Waals surface area contributed by atoms with Gasteiger partial charge in [0.25, 0.3) is 0 Å². The molecule has 1 aliphatic rings. The van der Waals surface area contributed by atoms with Gasteiger partial charge in [-0.1, -0.05) is 0 Å². The Morgan fingerprint density at radius 3 is 2.86 bits per heavy atom. The maximum Gasteiger partial charge on any atom is 0.225 e. The number of hydrogen-bond donors (Lipinski definition) is 1. The number of fused-ring (bicyclic) bond motifs is 1. The van der Waals surface area contributed by atoms with Gasteiger partial charge in [-0.05, 0) is 40.2 Å². The van der Waals surface area contributed by atoms with E-state index in [4.69, 9.17) is 4.42 Å². The maximum absolute atomic E-state index is 12.5. The second-order valence-electron chi connectivity index (χ2n) is 6.11. The molecule has 3 rings (SSSR count). The third kappa shape index (κ3) is 2.65. The smallest absolute Gasteiger partial charge is 0.225 e. The van der Waals surface area contributed by atoms with Crippen LogP contribution in [0.25, 0.3) is 0 Å². The first-order valence-electron chi connectivity index (χ1n) is 7.71. The zero-order chi connectivity index (χ0) is 15.9. The van der Waals surface area contributed by atoms with Crippen LogP contribution in [0.2, 0.25) is 0 Å². The Labute approximate surface area is 129 Å². The Hall–Kier alpha value is -2.11. The highest BCUT2D eigenvalue weighted by Crippen LogP contribution is 2.24. The van der Waals surface area contributed by atoms with E-state index in [1.54, 1.807) is 0 Å². The summed E-state index contributed by atoms with van der Waals surface area (Å²) in [4.78, 5) is 12.5. The summed E-state index contributed by atoms with van der Waals surface area (Å²) in [5.74, 6) is 3.65. The molecule has 0 saturated heterocycles. The minimum atomic E-state index is -0.0478. The number of furan rings is 1. The summed E-state index contributed by atoms with van der Waals surface area (Å²) in [6.45, 7) is 8.43. The van der Waals surface area contributed by atoms with Crippen LogP contribution in [0.4, 0.5) is 0 Å². The summed E-state index contributed by atoms with van der Waals surface area (Å²) in [6, 6.07) is 1.94. The molecule has 0 saturated carbocycles. The van der Waals surface area contributed by atoms with E-state index in [9.17, 15) is 4.79 Å². The predicted molar refractivity (Wildman–Crippen MR) is 81.3 cm³/mol. The zero-order valence-corrected chi connectivity index (χ0v) is 13.5. The molecule has 6 heteroatoms. The van der Waals surface area contributed by atoms with Crippen molar-refractivity contribution in [2.45, 2.75) is 53.1 Å². The fourth-order valence-electron chi connectivity index (χ4n) is 3.17. The molecular formula is C16H22N4O2. The molecular weight excluding hydrogens is 280 g/mol. The predicted octanol–water partition coefficient (Wildman–Crippen LogP) is 2.24. The quantitative estimate of drug-likeness (QED) is 0.943. The van der Waals surface area contributed by atoms with Crippen LogP contribution in [0.5, 0.6) is 0 Å². The molecule has 1 N–H and O–H groups in total. The largest absolute Gasteiger partial charge is 0.466 e. The first kappa shape index (κ1) is 14.8. The maximum atomic E-state index is 12.5. The highest BCUT2D eigenvalue weighted by Gasteiger charge is 2.28. The monoisotopic (exact) mass is 302 g/mol. The minimum Gasteiger partial charge on any atom is -0.466 e. The number of carbonyl (C=O) groups is 1. The average molecular weight is 302 g/mol. The lowest BCUT2D eigenvalue weighted by Crippen LogP contribution is -2.37. The van der Waals surface area contributed by atoms with Crippen molar-refractivity contribution in [3.8, 4) is 0 Å². The Bertz CT molecular complexity index is 701. The van der Waals surface area contributed by atoms with Gasteiger partial charge in [0.2, 0.25) is 5.91 Å². The Balaban J connectivity index is 1.68. The Kier molecular flexibility index (Phi) is 3.76. The van der Waals surface area contributed by atoms with E-state index in [0.717, 1.165) is 41.6 Å². The molecule has 0 spiro atoms. The molecule has 3 heterocycles. The molecule has 22 heavy (non-hydrogen) atoms. The summed E-state index contributed by atoms with van der Waals surface area (Å²) < 4.78 is 7.59. The highest BCUT2D eigenvalue weighted by molar-refractivity contribution is 5.79. The molecule has 0 radical (unpaired) electrons. The van der Waals surface area contributed by atoms with Crippen LogP contribution >= 0.6 is 0 Å². The first-order valence-corrected chi connectivity index (χ1v) is 7.71. The topological polar surface area (TPSA) is 73.0 Å². The van der Waals surface area contributed by atoms with Gasteiger partial charge in [0.15, 0.2) is 0 Å². The van der Waals surface area contributed by atoms with E-state index < -0.39 is 0 Å². The molecule has 2 atom stereocenters. The third-order valence-electron chi connectivity index (χ3n) is 4.41. The van der Waals surface area contributed by atoms with Gasteiger partial charge >= 0.3 is 0 Å². The fraction of sp³-hybridized carbons (Fsp3) is 0.562. The van der Waals surface area contributed by atoms with Crippen LogP contribution in [0.15, 0.2) is 10.5 Å². The van der Waals surface area contributed by atoms with Gasteiger partial charge in [-0.25, -0.2) is 0 Å². The minimum absolute atomic E-state index is 0.0297. The zero-order valence-electron chi connectivity index (χ0n) is 13.5. The molecule has 6 nitrogen and oxygen atoms in total. The Morgan fingerprint density at radius 1 is 1.41 bits per heavy atom. The second kappa shape index (κ2) is 5.59. The van der Waals surface area contributed by atoms with Crippen LogP contribution in [0, 0.1) is 26.7 Å². The second-order valence-corrected chi connectivity index (χ2v) is 6.11. The SMILES string of the molecule is Cc1cc([C@H](C)NC(=O)[C@H]2CCc3nnc(C)n3C2)c(C)o1. The lowest BCUT2D eigenvalue weighted by atomic mass is 9.97. The van der Waals surface area contributed by atoms with Crippen LogP contribution in [-0.4, -0.2) is 20.7 Å². The van der Waals surface area contributed by atoms with Gasteiger partial charge in [-0.3, -0.25) is 4.79 Å². The first-order chi connectivity index (χ1) is 10.5. The van der Waals surface area contributed by atoms with Crippen molar-refractivity contribution >= 4 is 5.91 Å².